The molecular weight excluding hydrogens is 438 g/mol. The molecule has 2 aliphatic rings. The SMILES string of the molecule is CO/N=C(\c1ccccc1Cl)C1CCN(C(=O)C2CCN(Cc3ccnc(N)c3)CC2)CC1. The van der Waals surface area contributed by atoms with E-state index in [0.717, 1.165) is 69.7 Å². The van der Waals surface area contributed by atoms with Gasteiger partial charge in [-0.3, -0.25) is 9.69 Å². The van der Waals surface area contributed by atoms with Crippen molar-refractivity contribution >= 4 is 29.0 Å². The zero-order valence-corrected chi connectivity index (χ0v) is 19.9. The van der Waals surface area contributed by atoms with Gasteiger partial charge in [-0.15, -0.1) is 0 Å². The Morgan fingerprint density at radius 3 is 2.48 bits per heavy atom. The lowest BCUT2D eigenvalue weighted by molar-refractivity contribution is -0.138. The number of benzene rings is 1. The number of oxime groups is 1. The van der Waals surface area contributed by atoms with Gasteiger partial charge in [0.05, 0.1) is 5.71 Å². The maximum atomic E-state index is 13.2. The summed E-state index contributed by atoms with van der Waals surface area (Å²) < 4.78 is 0. The van der Waals surface area contributed by atoms with Crippen LogP contribution in [0.4, 0.5) is 5.82 Å². The summed E-state index contributed by atoms with van der Waals surface area (Å²) in [6.07, 6.45) is 5.27. The number of aromatic nitrogens is 1. The molecule has 176 valence electrons. The number of amides is 1. The number of rotatable bonds is 6. The van der Waals surface area contributed by atoms with Gasteiger partial charge in [-0.1, -0.05) is 35.0 Å². The Morgan fingerprint density at radius 2 is 1.82 bits per heavy atom. The lowest BCUT2D eigenvalue weighted by Gasteiger charge is -2.37. The summed E-state index contributed by atoms with van der Waals surface area (Å²) >= 11 is 6.41. The summed E-state index contributed by atoms with van der Waals surface area (Å²) in [4.78, 5) is 26.8. The van der Waals surface area contributed by atoms with Crippen LogP contribution in [0.2, 0.25) is 5.02 Å². The molecule has 3 heterocycles. The van der Waals surface area contributed by atoms with Gasteiger partial charge in [-0.25, -0.2) is 4.98 Å². The monoisotopic (exact) mass is 469 g/mol. The van der Waals surface area contributed by atoms with Gasteiger partial charge in [0.15, 0.2) is 0 Å². The lowest BCUT2D eigenvalue weighted by Crippen LogP contribution is -2.46. The molecule has 8 heteroatoms. The maximum Gasteiger partial charge on any atom is 0.225 e. The molecule has 0 unspecified atom stereocenters. The number of carbonyl (C=O) groups excluding carboxylic acids is 1. The molecule has 4 rings (SSSR count). The summed E-state index contributed by atoms with van der Waals surface area (Å²) in [6, 6.07) is 11.6. The van der Waals surface area contributed by atoms with Crippen molar-refractivity contribution in [3.05, 3.63) is 58.7 Å². The highest BCUT2D eigenvalue weighted by molar-refractivity contribution is 6.34. The Bertz CT molecular complexity index is 982. The smallest absolute Gasteiger partial charge is 0.225 e. The Labute approximate surface area is 200 Å². The molecule has 1 aromatic heterocycles. The third-order valence-electron chi connectivity index (χ3n) is 6.72. The van der Waals surface area contributed by atoms with Crippen molar-refractivity contribution in [1.82, 2.24) is 14.8 Å². The van der Waals surface area contributed by atoms with Crippen LogP contribution in [0.15, 0.2) is 47.8 Å². The second-order valence-electron chi connectivity index (χ2n) is 8.88. The zero-order valence-electron chi connectivity index (χ0n) is 19.1. The van der Waals surface area contributed by atoms with E-state index < -0.39 is 0 Å². The van der Waals surface area contributed by atoms with E-state index in [2.05, 4.69) is 15.0 Å². The molecule has 2 N–H and O–H groups in total. The van der Waals surface area contributed by atoms with Crippen LogP contribution >= 0.6 is 11.6 Å². The fourth-order valence-electron chi connectivity index (χ4n) is 4.93. The van der Waals surface area contributed by atoms with Crippen LogP contribution in [0.3, 0.4) is 0 Å². The number of hydrogen-bond acceptors (Lipinski definition) is 6. The summed E-state index contributed by atoms with van der Waals surface area (Å²) in [5, 5.41) is 4.97. The van der Waals surface area contributed by atoms with Gasteiger partial charge in [-0.05, 0) is 62.5 Å². The van der Waals surface area contributed by atoms with Gasteiger partial charge >= 0.3 is 0 Å². The first-order chi connectivity index (χ1) is 16.0. The topological polar surface area (TPSA) is 84.0 Å². The second-order valence-corrected chi connectivity index (χ2v) is 9.29. The molecule has 2 saturated heterocycles. The van der Waals surface area contributed by atoms with E-state index >= 15 is 0 Å². The highest BCUT2D eigenvalue weighted by Gasteiger charge is 2.33. The minimum atomic E-state index is 0.107. The fraction of sp³-hybridized carbons (Fsp3) is 0.480. The van der Waals surface area contributed by atoms with Gasteiger partial charge < -0.3 is 15.5 Å². The number of halogens is 1. The standard InChI is InChI=1S/C25H32ClN5O2/c1-33-29-24(21-4-2-3-5-22(21)26)19-9-14-31(15-10-19)25(32)20-7-12-30(13-8-20)17-18-6-11-28-23(27)16-18/h2-6,11,16,19-20H,7-10,12-15,17H2,1H3,(H2,27,28)/b29-24-. The van der Waals surface area contributed by atoms with Gasteiger partial charge in [-0.2, -0.15) is 0 Å². The molecule has 1 aromatic carbocycles. The number of anilines is 1. The van der Waals surface area contributed by atoms with E-state index in [4.69, 9.17) is 22.2 Å². The number of nitrogens with two attached hydrogens (primary N) is 1. The van der Waals surface area contributed by atoms with Gasteiger partial charge in [0.1, 0.15) is 12.9 Å². The van der Waals surface area contributed by atoms with E-state index in [1.807, 2.05) is 41.3 Å². The Hall–Kier alpha value is -2.64. The molecule has 2 aromatic rings. The first-order valence-electron chi connectivity index (χ1n) is 11.6. The Kier molecular flexibility index (Phi) is 7.83. The summed E-state index contributed by atoms with van der Waals surface area (Å²) in [5.41, 5.74) is 8.75. The molecule has 2 aliphatic heterocycles. The van der Waals surface area contributed by atoms with Gasteiger partial charge in [0.25, 0.3) is 0 Å². The molecule has 2 fully saturated rings. The van der Waals surface area contributed by atoms with Crippen LogP contribution in [-0.2, 0) is 16.2 Å². The van der Waals surface area contributed by atoms with E-state index in [1.165, 1.54) is 5.56 Å². The fourth-order valence-corrected chi connectivity index (χ4v) is 5.16. The number of piperidine rings is 2. The summed E-state index contributed by atoms with van der Waals surface area (Å²) in [5.74, 6) is 1.18. The largest absolute Gasteiger partial charge is 0.399 e. The molecule has 7 nitrogen and oxygen atoms in total. The van der Waals surface area contributed by atoms with E-state index in [1.54, 1.807) is 13.3 Å². The van der Waals surface area contributed by atoms with Crippen LogP contribution in [-0.4, -0.2) is 59.7 Å². The third-order valence-corrected chi connectivity index (χ3v) is 7.05. The normalized spacial score (nSPS) is 19.0. The van der Waals surface area contributed by atoms with Crippen molar-refractivity contribution in [3.63, 3.8) is 0 Å². The highest BCUT2D eigenvalue weighted by Crippen LogP contribution is 2.29. The Morgan fingerprint density at radius 1 is 1.12 bits per heavy atom. The predicted octanol–water partition coefficient (Wildman–Crippen LogP) is 3.82. The lowest BCUT2D eigenvalue weighted by atomic mass is 9.87. The van der Waals surface area contributed by atoms with E-state index in [9.17, 15) is 4.79 Å². The average molecular weight is 470 g/mol. The summed E-state index contributed by atoms with van der Waals surface area (Å²) in [7, 11) is 1.56. The maximum absolute atomic E-state index is 13.2. The molecule has 33 heavy (non-hydrogen) atoms. The van der Waals surface area contributed by atoms with Crippen LogP contribution in [0.1, 0.15) is 36.8 Å². The molecule has 1 amide bonds. The molecule has 0 bridgehead atoms. The predicted molar refractivity (Wildman–Crippen MR) is 131 cm³/mol. The highest BCUT2D eigenvalue weighted by atomic mass is 35.5. The zero-order chi connectivity index (χ0) is 23.2. The minimum Gasteiger partial charge on any atom is -0.399 e. The third kappa shape index (κ3) is 5.84. The van der Waals surface area contributed by atoms with Crippen molar-refractivity contribution < 1.29 is 9.63 Å². The average Bonchev–Trinajstić information content (AvgIpc) is 2.83. The molecular formula is C25H32ClN5O2. The van der Waals surface area contributed by atoms with Gasteiger partial charge in [0, 0.05) is 48.3 Å². The molecule has 0 saturated carbocycles. The van der Waals surface area contributed by atoms with Crippen LogP contribution in [0.25, 0.3) is 0 Å². The first-order valence-corrected chi connectivity index (χ1v) is 12.0. The number of hydrogen-bond donors (Lipinski definition) is 1. The number of nitrogen functional groups attached to an aromatic ring is 1. The van der Waals surface area contributed by atoms with Crippen molar-refractivity contribution in [2.24, 2.45) is 17.0 Å². The van der Waals surface area contributed by atoms with Crippen molar-refractivity contribution in [2.45, 2.75) is 32.2 Å². The molecule has 0 aliphatic carbocycles. The van der Waals surface area contributed by atoms with Crippen molar-refractivity contribution in [1.29, 1.82) is 0 Å². The molecule has 0 radical (unpaired) electrons. The summed E-state index contributed by atoms with van der Waals surface area (Å²) in [6.45, 7) is 4.18. The van der Waals surface area contributed by atoms with Crippen molar-refractivity contribution in [3.8, 4) is 0 Å². The number of carbonyl (C=O) groups is 1. The molecule has 0 atom stereocenters. The van der Waals surface area contributed by atoms with Crippen LogP contribution in [0, 0.1) is 11.8 Å². The van der Waals surface area contributed by atoms with Crippen molar-refractivity contribution in [2.75, 3.05) is 39.0 Å². The van der Waals surface area contributed by atoms with Crippen LogP contribution < -0.4 is 5.73 Å². The Balaban J connectivity index is 1.29. The van der Waals surface area contributed by atoms with Crippen LogP contribution in [0.5, 0.6) is 0 Å². The van der Waals surface area contributed by atoms with E-state index in [-0.39, 0.29) is 11.8 Å². The first kappa shape index (κ1) is 23.5. The van der Waals surface area contributed by atoms with Gasteiger partial charge in [0.2, 0.25) is 5.91 Å². The van der Waals surface area contributed by atoms with E-state index in [0.29, 0.717) is 16.7 Å². The number of nitrogens with zero attached hydrogens (tertiary/aromatic N) is 4. The second kappa shape index (κ2) is 11.0. The molecule has 0 spiro atoms. The number of likely N-dealkylation sites (tertiary alicyclic amines) is 2. The quantitative estimate of drug-likeness (QED) is 0.513. The number of pyridine rings is 1. The minimum absolute atomic E-state index is 0.107.